The third-order valence-electron chi connectivity index (χ3n) is 1.20. The SMILES string of the molecule is O=C(O)CN1C=CC=NC1O. The summed E-state index contributed by atoms with van der Waals surface area (Å²) in [6.07, 6.45) is 3.40. The van der Waals surface area contributed by atoms with E-state index in [9.17, 15) is 4.79 Å². The van der Waals surface area contributed by atoms with Gasteiger partial charge in [-0.1, -0.05) is 0 Å². The van der Waals surface area contributed by atoms with E-state index in [-0.39, 0.29) is 6.54 Å². The number of aliphatic imine (C=N–C) groups is 1. The summed E-state index contributed by atoms with van der Waals surface area (Å²) in [7, 11) is 0. The first kappa shape index (κ1) is 7.74. The largest absolute Gasteiger partial charge is 0.480 e. The zero-order valence-corrected chi connectivity index (χ0v) is 5.71. The van der Waals surface area contributed by atoms with E-state index < -0.39 is 12.3 Å². The molecule has 0 spiro atoms. The number of hydrogen-bond donors (Lipinski definition) is 2. The maximum Gasteiger partial charge on any atom is 0.323 e. The van der Waals surface area contributed by atoms with E-state index in [1.807, 2.05) is 0 Å². The van der Waals surface area contributed by atoms with Crippen molar-refractivity contribution in [2.24, 2.45) is 4.99 Å². The maximum absolute atomic E-state index is 10.2. The van der Waals surface area contributed by atoms with Crippen LogP contribution in [0, 0.1) is 0 Å². The van der Waals surface area contributed by atoms with Crippen LogP contribution in [0.3, 0.4) is 0 Å². The molecule has 0 saturated heterocycles. The Morgan fingerprint density at radius 1 is 1.73 bits per heavy atom. The highest BCUT2D eigenvalue weighted by Crippen LogP contribution is 2.01. The summed E-state index contributed by atoms with van der Waals surface area (Å²) in [6, 6.07) is 0. The third kappa shape index (κ3) is 2.05. The average Bonchev–Trinajstić information content (AvgIpc) is 1.93. The topological polar surface area (TPSA) is 73.1 Å². The highest BCUT2D eigenvalue weighted by atomic mass is 16.4. The number of carbonyl (C=O) groups is 1. The molecule has 11 heavy (non-hydrogen) atoms. The van der Waals surface area contributed by atoms with E-state index in [0.29, 0.717) is 0 Å². The van der Waals surface area contributed by atoms with Crippen LogP contribution >= 0.6 is 0 Å². The highest BCUT2D eigenvalue weighted by molar-refractivity contribution is 5.73. The minimum Gasteiger partial charge on any atom is -0.480 e. The fourth-order valence-electron chi connectivity index (χ4n) is 0.729. The van der Waals surface area contributed by atoms with Gasteiger partial charge in [-0.15, -0.1) is 0 Å². The molecule has 0 amide bonds. The second-order valence-electron chi connectivity index (χ2n) is 2.05. The highest BCUT2D eigenvalue weighted by Gasteiger charge is 2.14. The zero-order chi connectivity index (χ0) is 8.27. The predicted molar refractivity (Wildman–Crippen MR) is 38.0 cm³/mol. The molecular formula is C6H8N2O3. The van der Waals surface area contributed by atoms with E-state index in [1.54, 1.807) is 6.08 Å². The van der Waals surface area contributed by atoms with E-state index in [1.165, 1.54) is 17.3 Å². The Hall–Kier alpha value is -1.36. The number of aliphatic hydroxyl groups is 1. The van der Waals surface area contributed by atoms with Gasteiger partial charge in [0.15, 0.2) is 0 Å². The quantitative estimate of drug-likeness (QED) is 0.551. The molecule has 2 N–H and O–H groups in total. The van der Waals surface area contributed by atoms with Gasteiger partial charge in [-0.25, -0.2) is 4.99 Å². The van der Waals surface area contributed by atoms with Gasteiger partial charge in [0.1, 0.15) is 6.54 Å². The fraction of sp³-hybridized carbons (Fsp3) is 0.333. The van der Waals surface area contributed by atoms with Crippen molar-refractivity contribution in [3.8, 4) is 0 Å². The van der Waals surface area contributed by atoms with Crippen LogP contribution in [0.1, 0.15) is 0 Å². The second-order valence-corrected chi connectivity index (χ2v) is 2.05. The van der Waals surface area contributed by atoms with E-state index in [4.69, 9.17) is 10.2 Å². The standard InChI is InChI=1S/C6H8N2O3/c9-5(10)4-8-3-1-2-7-6(8)11/h1-3,6,11H,4H2,(H,9,10). The van der Waals surface area contributed by atoms with Gasteiger partial charge in [0.25, 0.3) is 0 Å². The third-order valence-corrected chi connectivity index (χ3v) is 1.20. The Balaban J connectivity index is 2.52. The number of aliphatic carboxylic acids is 1. The normalized spacial score (nSPS) is 22.3. The molecule has 0 aliphatic carbocycles. The minimum atomic E-state index is -1.06. The van der Waals surface area contributed by atoms with Crippen LogP contribution in [-0.4, -0.2) is 40.2 Å². The number of aliphatic hydroxyl groups excluding tert-OH is 1. The number of allylic oxidation sites excluding steroid dienone is 1. The van der Waals surface area contributed by atoms with Crippen molar-refractivity contribution >= 4 is 12.2 Å². The molecule has 1 aliphatic heterocycles. The number of hydrogen-bond acceptors (Lipinski definition) is 4. The van der Waals surface area contributed by atoms with Crippen LogP contribution in [0.2, 0.25) is 0 Å². The average molecular weight is 156 g/mol. The monoisotopic (exact) mass is 156 g/mol. The zero-order valence-electron chi connectivity index (χ0n) is 5.71. The molecule has 0 bridgehead atoms. The lowest BCUT2D eigenvalue weighted by atomic mass is 10.5. The van der Waals surface area contributed by atoms with Crippen LogP contribution in [0.25, 0.3) is 0 Å². The minimum absolute atomic E-state index is 0.241. The van der Waals surface area contributed by atoms with Gasteiger partial charge in [-0.3, -0.25) is 4.79 Å². The lowest BCUT2D eigenvalue weighted by Crippen LogP contribution is -2.34. The number of nitrogens with zero attached hydrogens (tertiary/aromatic N) is 2. The maximum atomic E-state index is 10.2. The molecule has 1 heterocycles. The van der Waals surface area contributed by atoms with Crippen molar-refractivity contribution in [2.45, 2.75) is 6.35 Å². The molecule has 60 valence electrons. The number of carboxylic acid groups (broad SMARTS) is 1. The number of carboxylic acids is 1. The van der Waals surface area contributed by atoms with Crippen molar-refractivity contribution in [1.29, 1.82) is 0 Å². The molecule has 0 aromatic carbocycles. The first-order chi connectivity index (χ1) is 5.20. The van der Waals surface area contributed by atoms with Crippen LogP contribution < -0.4 is 0 Å². The number of rotatable bonds is 2. The summed E-state index contributed by atoms with van der Waals surface area (Å²) in [4.78, 5) is 15.0. The summed E-state index contributed by atoms with van der Waals surface area (Å²) >= 11 is 0. The van der Waals surface area contributed by atoms with E-state index in [0.717, 1.165) is 0 Å². The van der Waals surface area contributed by atoms with Crippen LogP contribution in [0.15, 0.2) is 17.3 Å². The van der Waals surface area contributed by atoms with Crippen LogP contribution in [0.4, 0.5) is 0 Å². The molecule has 0 aromatic rings. The van der Waals surface area contributed by atoms with Crippen LogP contribution in [-0.2, 0) is 4.79 Å². The van der Waals surface area contributed by atoms with Gasteiger partial charge < -0.3 is 15.1 Å². The molecule has 1 rings (SSSR count). The smallest absolute Gasteiger partial charge is 0.323 e. The van der Waals surface area contributed by atoms with Gasteiger partial charge >= 0.3 is 5.97 Å². The summed E-state index contributed by atoms with van der Waals surface area (Å²) in [6.45, 7) is -0.241. The molecule has 1 unspecified atom stereocenters. The summed E-state index contributed by atoms with van der Waals surface area (Å²) in [5.74, 6) is -0.995. The Morgan fingerprint density at radius 2 is 2.45 bits per heavy atom. The van der Waals surface area contributed by atoms with Crippen LogP contribution in [0.5, 0.6) is 0 Å². The van der Waals surface area contributed by atoms with Crippen molar-refractivity contribution in [3.63, 3.8) is 0 Å². The predicted octanol–water partition coefficient (Wildman–Crippen LogP) is -0.753. The first-order valence-corrected chi connectivity index (χ1v) is 3.06. The molecule has 1 atom stereocenters. The molecule has 0 saturated carbocycles. The Labute approximate surface area is 63.3 Å². The first-order valence-electron chi connectivity index (χ1n) is 3.06. The van der Waals surface area contributed by atoms with Crippen molar-refractivity contribution in [2.75, 3.05) is 6.54 Å². The lowest BCUT2D eigenvalue weighted by Gasteiger charge is -2.22. The summed E-state index contributed by atoms with van der Waals surface area (Å²) in [5, 5.41) is 17.4. The molecule has 1 aliphatic rings. The lowest BCUT2D eigenvalue weighted by molar-refractivity contribution is -0.139. The molecule has 5 nitrogen and oxygen atoms in total. The molecule has 5 heteroatoms. The second kappa shape index (κ2) is 3.16. The fourth-order valence-corrected chi connectivity index (χ4v) is 0.729. The van der Waals surface area contributed by atoms with Gasteiger partial charge in [0.05, 0.1) is 0 Å². The molecular weight excluding hydrogens is 148 g/mol. The molecule has 0 radical (unpaired) electrons. The van der Waals surface area contributed by atoms with Crippen molar-refractivity contribution in [1.82, 2.24) is 4.90 Å². The van der Waals surface area contributed by atoms with Gasteiger partial charge in [-0.05, 0) is 6.08 Å². The molecule has 0 aromatic heterocycles. The summed E-state index contributed by atoms with van der Waals surface area (Å²) in [5.41, 5.74) is 0. The van der Waals surface area contributed by atoms with E-state index >= 15 is 0 Å². The molecule has 0 fully saturated rings. The van der Waals surface area contributed by atoms with Crippen molar-refractivity contribution < 1.29 is 15.0 Å². The van der Waals surface area contributed by atoms with Gasteiger partial charge in [-0.2, -0.15) is 0 Å². The van der Waals surface area contributed by atoms with E-state index in [2.05, 4.69) is 4.99 Å². The van der Waals surface area contributed by atoms with Crippen molar-refractivity contribution in [3.05, 3.63) is 12.3 Å². The van der Waals surface area contributed by atoms with Gasteiger partial charge in [0, 0.05) is 12.4 Å². The Bertz CT molecular complexity index is 212. The van der Waals surface area contributed by atoms with Gasteiger partial charge in [0.2, 0.25) is 6.35 Å². The Kier molecular flexibility index (Phi) is 2.22. The summed E-state index contributed by atoms with van der Waals surface area (Å²) < 4.78 is 0. The Morgan fingerprint density at radius 3 is 3.00 bits per heavy atom.